The van der Waals surface area contributed by atoms with Gasteiger partial charge in [-0.3, -0.25) is 0 Å². The van der Waals surface area contributed by atoms with Gasteiger partial charge < -0.3 is 0 Å². The van der Waals surface area contributed by atoms with Crippen LogP contribution in [0.2, 0.25) is 0 Å². The Balaban J connectivity index is 0.000000640. The zero-order valence-corrected chi connectivity index (χ0v) is 8.39. The van der Waals surface area contributed by atoms with E-state index >= 15 is 0 Å². The van der Waals surface area contributed by atoms with Crippen LogP contribution in [0.25, 0.3) is 0 Å². The summed E-state index contributed by atoms with van der Waals surface area (Å²) in [5, 5.41) is 0. The lowest BCUT2D eigenvalue weighted by Gasteiger charge is -1.89. The quantitative estimate of drug-likeness (QED) is 0.558. The Bertz CT molecular complexity index is 169. The molecule has 0 fully saturated rings. The van der Waals surface area contributed by atoms with Crippen molar-refractivity contribution in [1.29, 1.82) is 0 Å². The van der Waals surface area contributed by atoms with Crippen LogP contribution in [0.5, 0.6) is 0 Å². The van der Waals surface area contributed by atoms with Crippen molar-refractivity contribution in [3.05, 3.63) is 34.3 Å². The highest BCUT2D eigenvalue weighted by atomic mass is 79.9. The molecule has 0 heterocycles. The standard InChI is InChI=1S/C7H7Br.Mg/c1-6-3-2-4-7(8)5-6;/h2-5H,1H3;. The van der Waals surface area contributed by atoms with Crippen LogP contribution in [-0.4, -0.2) is 23.1 Å². The topological polar surface area (TPSA) is 0 Å². The maximum atomic E-state index is 3.36. The summed E-state index contributed by atoms with van der Waals surface area (Å²) in [5.74, 6) is 0. The summed E-state index contributed by atoms with van der Waals surface area (Å²) >= 11 is 3.36. The molecule has 0 N–H and O–H groups in total. The van der Waals surface area contributed by atoms with E-state index in [4.69, 9.17) is 0 Å². The summed E-state index contributed by atoms with van der Waals surface area (Å²) in [6.45, 7) is 2.07. The van der Waals surface area contributed by atoms with E-state index in [1.54, 1.807) is 0 Å². The minimum absolute atomic E-state index is 0. The molecule has 0 bridgehead atoms. The van der Waals surface area contributed by atoms with E-state index in [-0.39, 0.29) is 23.1 Å². The average Bonchev–Trinajstić information content (AvgIpc) is 1.64. The molecule has 0 unspecified atom stereocenters. The molecular formula is C7H7BrMg. The lowest BCUT2D eigenvalue weighted by molar-refractivity contribution is 1.45. The molecule has 1 aromatic carbocycles. The summed E-state index contributed by atoms with van der Waals surface area (Å²) in [4.78, 5) is 0. The van der Waals surface area contributed by atoms with Gasteiger partial charge in [-0.25, -0.2) is 0 Å². The fourth-order valence-electron chi connectivity index (χ4n) is 0.606. The Morgan fingerprint density at radius 3 is 2.33 bits per heavy atom. The number of aryl methyl sites for hydroxylation is 1. The molecule has 2 heteroatoms. The van der Waals surface area contributed by atoms with Crippen LogP contribution >= 0.6 is 15.9 Å². The Morgan fingerprint density at radius 1 is 1.33 bits per heavy atom. The van der Waals surface area contributed by atoms with Crippen molar-refractivity contribution in [2.45, 2.75) is 6.92 Å². The second-order valence-corrected chi connectivity index (χ2v) is 2.71. The molecule has 0 aromatic heterocycles. The van der Waals surface area contributed by atoms with Gasteiger partial charge in [0, 0.05) is 27.5 Å². The van der Waals surface area contributed by atoms with E-state index in [0.29, 0.717) is 0 Å². The number of hydrogen-bond acceptors (Lipinski definition) is 0. The van der Waals surface area contributed by atoms with E-state index in [1.807, 2.05) is 12.1 Å². The molecule has 0 saturated heterocycles. The lowest BCUT2D eigenvalue weighted by Crippen LogP contribution is -1.67. The summed E-state index contributed by atoms with van der Waals surface area (Å²) in [6, 6.07) is 8.21. The molecule has 0 nitrogen and oxygen atoms in total. The van der Waals surface area contributed by atoms with Crippen LogP contribution in [-0.2, 0) is 0 Å². The van der Waals surface area contributed by atoms with Crippen LogP contribution in [0, 0.1) is 6.92 Å². The van der Waals surface area contributed by atoms with Gasteiger partial charge in [-0.2, -0.15) is 0 Å². The largest absolute Gasteiger partial charge is 0.0609 e. The third-order valence-electron chi connectivity index (χ3n) is 0.980. The smallest absolute Gasteiger partial charge is 0.0177 e. The van der Waals surface area contributed by atoms with Gasteiger partial charge >= 0.3 is 0 Å². The van der Waals surface area contributed by atoms with Crippen LogP contribution in [0.1, 0.15) is 5.56 Å². The molecule has 0 aliphatic rings. The fraction of sp³-hybridized carbons (Fsp3) is 0.143. The van der Waals surface area contributed by atoms with Gasteiger partial charge in [0.05, 0.1) is 0 Å². The van der Waals surface area contributed by atoms with Crippen molar-refractivity contribution in [2.75, 3.05) is 0 Å². The second kappa shape index (κ2) is 4.31. The van der Waals surface area contributed by atoms with Gasteiger partial charge in [-0.15, -0.1) is 0 Å². The second-order valence-electron chi connectivity index (χ2n) is 1.80. The van der Waals surface area contributed by atoms with Gasteiger partial charge in [0.1, 0.15) is 0 Å². The molecule has 0 aliphatic carbocycles. The zero-order chi connectivity index (χ0) is 5.98. The third kappa shape index (κ3) is 3.23. The molecule has 1 aromatic rings. The highest BCUT2D eigenvalue weighted by Gasteiger charge is 1.82. The average molecular weight is 195 g/mol. The maximum Gasteiger partial charge on any atom is 0.0177 e. The van der Waals surface area contributed by atoms with Crippen LogP contribution in [0.15, 0.2) is 28.7 Å². The SMILES string of the molecule is Cc1cccc(Br)c1.[Mg]. The number of benzene rings is 1. The van der Waals surface area contributed by atoms with Crippen molar-refractivity contribution in [2.24, 2.45) is 0 Å². The molecule has 0 saturated carbocycles. The van der Waals surface area contributed by atoms with E-state index in [2.05, 4.69) is 35.0 Å². The summed E-state index contributed by atoms with van der Waals surface area (Å²) in [7, 11) is 0. The van der Waals surface area contributed by atoms with Gasteiger partial charge in [0.25, 0.3) is 0 Å². The Labute approximate surface area is 79.9 Å². The molecule has 9 heavy (non-hydrogen) atoms. The molecule has 44 valence electrons. The van der Waals surface area contributed by atoms with E-state index in [9.17, 15) is 0 Å². The maximum absolute atomic E-state index is 3.36. The van der Waals surface area contributed by atoms with Crippen molar-refractivity contribution in [1.82, 2.24) is 0 Å². The van der Waals surface area contributed by atoms with E-state index < -0.39 is 0 Å². The van der Waals surface area contributed by atoms with Gasteiger partial charge in [0.2, 0.25) is 0 Å². The Kier molecular flexibility index (Phi) is 4.53. The molecule has 0 atom stereocenters. The van der Waals surface area contributed by atoms with Crippen molar-refractivity contribution in [3.8, 4) is 0 Å². The molecule has 1 rings (SSSR count). The summed E-state index contributed by atoms with van der Waals surface area (Å²) < 4.78 is 1.15. The first-order valence-corrected chi connectivity index (χ1v) is 3.30. The summed E-state index contributed by atoms with van der Waals surface area (Å²) in [5.41, 5.74) is 1.29. The minimum atomic E-state index is 0. The zero-order valence-electron chi connectivity index (χ0n) is 5.39. The predicted octanol–water partition coefficient (Wildman–Crippen LogP) is 2.38. The van der Waals surface area contributed by atoms with Crippen molar-refractivity contribution < 1.29 is 0 Å². The number of rotatable bonds is 0. The van der Waals surface area contributed by atoms with E-state index in [1.165, 1.54) is 5.56 Å². The van der Waals surface area contributed by atoms with Gasteiger partial charge in [-0.1, -0.05) is 33.6 Å². The molecule has 0 aliphatic heterocycles. The van der Waals surface area contributed by atoms with Crippen LogP contribution in [0.4, 0.5) is 0 Å². The normalized spacial score (nSPS) is 8.22. The molecule has 0 amide bonds. The van der Waals surface area contributed by atoms with Crippen molar-refractivity contribution in [3.63, 3.8) is 0 Å². The highest BCUT2D eigenvalue weighted by Crippen LogP contribution is 2.09. The molecular weight excluding hydrogens is 188 g/mol. The first-order chi connectivity index (χ1) is 3.79. The lowest BCUT2D eigenvalue weighted by atomic mass is 10.2. The number of hydrogen-bond donors (Lipinski definition) is 0. The Morgan fingerprint density at radius 2 is 2.00 bits per heavy atom. The third-order valence-corrected chi connectivity index (χ3v) is 1.47. The van der Waals surface area contributed by atoms with Crippen LogP contribution in [0.3, 0.4) is 0 Å². The molecule has 0 spiro atoms. The monoisotopic (exact) mass is 194 g/mol. The van der Waals surface area contributed by atoms with Gasteiger partial charge in [0.15, 0.2) is 0 Å². The van der Waals surface area contributed by atoms with Gasteiger partial charge in [-0.05, 0) is 19.1 Å². The number of halogens is 1. The summed E-state index contributed by atoms with van der Waals surface area (Å²) in [6.07, 6.45) is 0. The van der Waals surface area contributed by atoms with Crippen molar-refractivity contribution >= 4 is 39.0 Å². The first kappa shape index (κ1) is 9.47. The highest BCUT2D eigenvalue weighted by molar-refractivity contribution is 9.10. The first-order valence-electron chi connectivity index (χ1n) is 2.51. The Hall–Kier alpha value is 0.466. The fourth-order valence-corrected chi connectivity index (χ4v) is 1.12. The molecule has 2 radical (unpaired) electrons. The van der Waals surface area contributed by atoms with Crippen LogP contribution < -0.4 is 0 Å². The van der Waals surface area contributed by atoms with E-state index in [0.717, 1.165) is 4.47 Å². The predicted molar refractivity (Wildman–Crippen MR) is 44.6 cm³/mol. The minimum Gasteiger partial charge on any atom is -0.0609 e.